The highest BCUT2D eigenvalue weighted by molar-refractivity contribution is 6.36. The summed E-state index contributed by atoms with van der Waals surface area (Å²) in [6.07, 6.45) is -2.88. The molecule has 0 saturated carbocycles. The molecule has 0 atom stereocenters. The van der Waals surface area contributed by atoms with E-state index in [0.717, 1.165) is 0 Å². The SMILES string of the molecule is Oc1c2c(Cl)cc(-c3noc(CN4CCC(F)CC4)n3)cc2cn1Cc1ccc(OC(F)(F)F)cc1. The van der Waals surface area contributed by atoms with Crippen LogP contribution in [0.15, 0.2) is 47.1 Å². The van der Waals surface area contributed by atoms with E-state index in [0.29, 0.717) is 66.1 Å². The normalized spacial score (nSPS) is 15.6. The fourth-order valence-electron chi connectivity index (χ4n) is 4.27. The molecule has 12 heteroatoms. The monoisotopic (exact) mass is 524 g/mol. The largest absolute Gasteiger partial charge is 0.573 e. The Morgan fingerprint density at radius 1 is 1.11 bits per heavy atom. The van der Waals surface area contributed by atoms with E-state index in [1.165, 1.54) is 28.8 Å². The highest BCUT2D eigenvalue weighted by atomic mass is 35.5. The van der Waals surface area contributed by atoms with Crippen molar-refractivity contribution in [1.82, 2.24) is 19.6 Å². The van der Waals surface area contributed by atoms with Crippen LogP contribution in [-0.2, 0) is 13.1 Å². The number of benzene rings is 2. The smallest absolute Gasteiger partial charge is 0.494 e. The van der Waals surface area contributed by atoms with Crippen molar-refractivity contribution in [3.05, 3.63) is 59.1 Å². The predicted molar refractivity (Wildman–Crippen MR) is 124 cm³/mol. The molecule has 0 unspecified atom stereocenters. The molecule has 1 N–H and O–H groups in total. The quantitative estimate of drug-likeness (QED) is 0.315. The van der Waals surface area contributed by atoms with E-state index in [2.05, 4.69) is 19.8 Å². The summed E-state index contributed by atoms with van der Waals surface area (Å²) in [5.41, 5.74) is 1.24. The van der Waals surface area contributed by atoms with Gasteiger partial charge in [0.2, 0.25) is 17.6 Å². The van der Waals surface area contributed by atoms with Crippen LogP contribution in [0, 0.1) is 0 Å². The van der Waals surface area contributed by atoms with Gasteiger partial charge < -0.3 is 18.9 Å². The number of piperidine rings is 1. The molecule has 1 aliphatic heterocycles. The van der Waals surface area contributed by atoms with Crippen molar-refractivity contribution in [3.8, 4) is 23.0 Å². The Morgan fingerprint density at radius 2 is 1.83 bits per heavy atom. The van der Waals surface area contributed by atoms with E-state index in [-0.39, 0.29) is 23.2 Å². The molecular weight excluding hydrogens is 504 g/mol. The van der Waals surface area contributed by atoms with Crippen LogP contribution in [0.2, 0.25) is 5.02 Å². The van der Waals surface area contributed by atoms with Gasteiger partial charge in [0, 0.05) is 30.2 Å². The van der Waals surface area contributed by atoms with E-state index in [4.69, 9.17) is 16.1 Å². The molecule has 1 saturated heterocycles. The summed E-state index contributed by atoms with van der Waals surface area (Å²) in [5.74, 6) is 0.341. The summed E-state index contributed by atoms with van der Waals surface area (Å²) in [5, 5.41) is 16.1. The number of ether oxygens (including phenoxy) is 1. The lowest BCUT2D eigenvalue weighted by molar-refractivity contribution is -0.274. The molecule has 4 aromatic rings. The Kier molecular flexibility index (Phi) is 6.52. The molecule has 0 amide bonds. The fraction of sp³-hybridized carbons (Fsp3) is 0.333. The lowest BCUT2D eigenvalue weighted by Gasteiger charge is -2.26. The van der Waals surface area contributed by atoms with Gasteiger partial charge in [0.05, 0.1) is 23.5 Å². The highest BCUT2D eigenvalue weighted by Crippen LogP contribution is 2.37. The van der Waals surface area contributed by atoms with Crippen molar-refractivity contribution in [3.63, 3.8) is 0 Å². The number of fused-ring (bicyclic) bond motifs is 1. The minimum atomic E-state index is -4.77. The Morgan fingerprint density at radius 3 is 2.53 bits per heavy atom. The maximum Gasteiger partial charge on any atom is 0.573 e. The summed E-state index contributed by atoms with van der Waals surface area (Å²) in [7, 11) is 0. The Bertz CT molecular complexity index is 1360. The molecule has 36 heavy (non-hydrogen) atoms. The summed E-state index contributed by atoms with van der Waals surface area (Å²) in [6.45, 7) is 1.88. The van der Waals surface area contributed by atoms with E-state index >= 15 is 0 Å². The average Bonchev–Trinajstić information content (AvgIpc) is 3.40. The number of rotatable bonds is 6. The van der Waals surface area contributed by atoms with Gasteiger partial charge in [-0.05, 0) is 42.7 Å². The standard InChI is InChI=1S/C24H21ClF4N4O3/c25-19-10-15(22-30-20(36-31-22)13-32-7-5-17(26)6-8-32)9-16-12-33(23(34)21(16)19)11-14-1-3-18(4-2-14)35-24(27,28)29/h1-4,9-10,12,17,34H,5-8,11,13H2. The minimum absolute atomic E-state index is 0.0813. The molecule has 0 bridgehead atoms. The van der Waals surface area contributed by atoms with Crippen molar-refractivity contribution in [2.45, 2.75) is 38.5 Å². The Labute approximate surface area is 207 Å². The molecule has 2 aromatic carbocycles. The van der Waals surface area contributed by atoms with Crippen LogP contribution < -0.4 is 4.74 Å². The number of nitrogens with zero attached hydrogens (tertiary/aromatic N) is 4. The molecule has 2 aromatic heterocycles. The Hall–Kier alpha value is -3.31. The second kappa shape index (κ2) is 9.62. The zero-order valence-electron chi connectivity index (χ0n) is 18.8. The first-order valence-corrected chi connectivity index (χ1v) is 11.6. The van der Waals surface area contributed by atoms with Crippen LogP contribution in [0.25, 0.3) is 22.2 Å². The van der Waals surface area contributed by atoms with E-state index in [9.17, 15) is 22.7 Å². The van der Waals surface area contributed by atoms with Gasteiger partial charge in [-0.15, -0.1) is 13.2 Å². The number of alkyl halides is 4. The molecule has 1 fully saturated rings. The molecule has 0 spiro atoms. The molecule has 190 valence electrons. The summed E-state index contributed by atoms with van der Waals surface area (Å²) in [6, 6.07) is 8.77. The van der Waals surface area contributed by atoms with Gasteiger partial charge in [-0.25, -0.2) is 4.39 Å². The van der Waals surface area contributed by atoms with Crippen LogP contribution in [0.5, 0.6) is 11.6 Å². The van der Waals surface area contributed by atoms with Crippen LogP contribution >= 0.6 is 11.6 Å². The third kappa shape index (κ3) is 5.41. The second-order valence-electron chi connectivity index (χ2n) is 8.66. The van der Waals surface area contributed by atoms with Crippen molar-refractivity contribution in [2.75, 3.05) is 13.1 Å². The number of hydrogen-bond donors (Lipinski definition) is 1. The number of halogens is 5. The topological polar surface area (TPSA) is 76.6 Å². The molecule has 7 nitrogen and oxygen atoms in total. The van der Waals surface area contributed by atoms with Crippen molar-refractivity contribution < 1.29 is 31.9 Å². The van der Waals surface area contributed by atoms with Crippen LogP contribution in [0.3, 0.4) is 0 Å². The van der Waals surface area contributed by atoms with E-state index in [1.54, 1.807) is 18.3 Å². The zero-order valence-corrected chi connectivity index (χ0v) is 19.6. The molecule has 1 aliphatic rings. The number of hydrogen-bond acceptors (Lipinski definition) is 6. The maximum absolute atomic E-state index is 13.4. The van der Waals surface area contributed by atoms with Crippen molar-refractivity contribution >= 4 is 22.4 Å². The van der Waals surface area contributed by atoms with Gasteiger partial charge in [0.15, 0.2) is 0 Å². The third-order valence-corrected chi connectivity index (χ3v) is 6.32. The second-order valence-corrected chi connectivity index (χ2v) is 9.06. The highest BCUT2D eigenvalue weighted by Gasteiger charge is 2.31. The number of aromatic hydroxyl groups is 1. The number of aromatic nitrogens is 3. The molecule has 3 heterocycles. The van der Waals surface area contributed by atoms with E-state index in [1.807, 2.05) is 0 Å². The van der Waals surface area contributed by atoms with E-state index < -0.39 is 12.5 Å². The van der Waals surface area contributed by atoms with Crippen LogP contribution in [0.1, 0.15) is 24.3 Å². The number of likely N-dealkylation sites (tertiary alicyclic amines) is 1. The maximum atomic E-state index is 13.4. The molecule has 0 aliphatic carbocycles. The van der Waals surface area contributed by atoms with Gasteiger partial charge >= 0.3 is 6.36 Å². The van der Waals surface area contributed by atoms with Gasteiger partial charge in [-0.1, -0.05) is 28.9 Å². The van der Waals surface area contributed by atoms with Gasteiger partial charge in [-0.2, -0.15) is 4.98 Å². The lowest BCUT2D eigenvalue weighted by atomic mass is 10.1. The average molecular weight is 525 g/mol. The van der Waals surface area contributed by atoms with Crippen molar-refractivity contribution in [1.29, 1.82) is 0 Å². The Balaban J connectivity index is 1.34. The van der Waals surface area contributed by atoms with Gasteiger partial charge in [-0.3, -0.25) is 4.90 Å². The first-order valence-electron chi connectivity index (χ1n) is 11.2. The molecular formula is C24H21ClF4N4O3. The summed E-state index contributed by atoms with van der Waals surface area (Å²) >= 11 is 6.47. The zero-order chi connectivity index (χ0) is 25.4. The first kappa shape index (κ1) is 24.4. The lowest BCUT2D eigenvalue weighted by Crippen LogP contribution is -2.33. The van der Waals surface area contributed by atoms with Crippen molar-refractivity contribution in [2.24, 2.45) is 0 Å². The third-order valence-electron chi connectivity index (χ3n) is 6.02. The van der Waals surface area contributed by atoms with Gasteiger partial charge in [0.25, 0.3) is 0 Å². The summed E-state index contributed by atoms with van der Waals surface area (Å²) < 4.78 is 61.3. The predicted octanol–water partition coefficient (Wildman–Crippen LogP) is 5.93. The minimum Gasteiger partial charge on any atom is -0.494 e. The van der Waals surface area contributed by atoms with Crippen LogP contribution in [-0.4, -0.2) is 50.3 Å². The summed E-state index contributed by atoms with van der Waals surface area (Å²) in [4.78, 5) is 6.50. The first-order chi connectivity index (χ1) is 17.1. The molecule has 5 rings (SSSR count). The fourth-order valence-corrected chi connectivity index (χ4v) is 4.58. The molecule has 0 radical (unpaired) electrons. The van der Waals surface area contributed by atoms with Gasteiger partial charge in [0.1, 0.15) is 11.9 Å². The van der Waals surface area contributed by atoms with Crippen LogP contribution in [0.4, 0.5) is 17.6 Å².